The average molecular weight is 298 g/mol. The molecule has 1 atom stereocenters. The summed E-state index contributed by atoms with van der Waals surface area (Å²) in [6, 6.07) is 6.54. The Kier molecular flexibility index (Phi) is 4.37. The third kappa shape index (κ3) is 3.27. The van der Waals surface area contributed by atoms with E-state index in [4.69, 9.17) is 0 Å². The van der Waals surface area contributed by atoms with Crippen LogP contribution in [-0.2, 0) is 0 Å². The van der Waals surface area contributed by atoms with Crippen molar-refractivity contribution in [3.8, 4) is 0 Å². The lowest BCUT2D eigenvalue weighted by Gasteiger charge is -2.26. The number of aryl methyl sites for hydroxylation is 1. The van der Waals surface area contributed by atoms with Gasteiger partial charge in [0.05, 0.1) is 0 Å². The Morgan fingerprint density at radius 3 is 3.00 bits per heavy atom. The van der Waals surface area contributed by atoms with Crippen molar-refractivity contribution in [2.24, 2.45) is 0 Å². The molecule has 1 fully saturated rings. The number of rotatable bonds is 5. The van der Waals surface area contributed by atoms with Gasteiger partial charge < -0.3 is 15.5 Å². The predicted octanol–water partition coefficient (Wildman–Crippen LogP) is 2.30. The molecule has 6 nitrogen and oxygen atoms in total. The van der Waals surface area contributed by atoms with E-state index in [1.165, 1.54) is 12.8 Å². The minimum atomic E-state index is 0.452. The number of hydrogen-bond acceptors (Lipinski definition) is 6. The molecule has 0 aromatic carbocycles. The van der Waals surface area contributed by atoms with E-state index < -0.39 is 0 Å². The summed E-state index contributed by atoms with van der Waals surface area (Å²) in [4.78, 5) is 15.2. The Balaban J connectivity index is 1.67. The van der Waals surface area contributed by atoms with Gasteiger partial charge in [0.25, 0.3) is 0 Å². The molecule has 2 N–H and O–H groups in total. The van der Waals surface area contributed by atoms with E-state index in [1.54, 1.807) is 6.33 Å². The monoisotopic (exact) mass is 298 g/mol. The van der Waals surface area contributed by atoms with Crippen molar-refractivity contribution in [1.29, 1.82) is 0 Å². The van der Waals surface area contributed by atoms with Gasteiger partial charge in [0.1, 0.15) is 18.0 Å². The molecule has 0 radical (unpaired) electrons. The van der Waals surface area contributed by atoms with Crippen LogP contribution in [0.5, 0.6) is 0 Å². The van der Waals surface area contributed by atoms with Gasteiger partial charge in [0.2, 0.25) is 0 Å². The molecule has 0 saturated carbocycles. The standard InChI is InChI=1S/C16H22N6/c1-12-8-13(5-6-18-12)19-10-14-4-3-7-22(14)16-9-15(17-2)20-11-21-16/h5-6,8-9,11,14H,3-4,7,10H2,1-2H3,(H,18,19)(H,17,20,21). The van der Waals surface area contributed by atoms with Gasteiger partial charge >= 0.3 is 0 Å². The molecule has 1 aliphatic heterocycles. The Bertz CT molecular complexity index is 630. The van der Waals surface area contributed by atoms with Crippen LogP contribution in [0.2, 0.25) is 0 Å². The number of hydrogen-bond donors (Lipinski definition) is 2. The van der Waals surface area contributed by atoms with Crippen LogP contribution in [0.3, 0.4) is 0 Å². The zero-order valence-corrected chi connectivity index (χ0v) is 13.1. The molecule has 6 heteroatoms. The summed E-state index contributed by atoms with van der Waals surface area (Å²) in [5.41, 5.74) is 2.15. The molecule has 1 aliphatic rings. The van der Waals surface area contributed by atoms with E-state index in [1.807, 2.05) is 32.3 Å². The minimum absolute atomic E-state index is 0.452. The number of nitrogens with zero attached hydrogens (tertiary/aromatic N) is 4. The number of nitrogens with one attached hydrogen (secondary N) is 2. The highest BCUT2D eigenvalue weighted by molar-refractivity contribution is 5.50. The fourth-order valence-corrected chi connectivity index (χ4v) is 2.88. The fraction of sp³-hybridized carbons (Fsp3) is 0.438. The van der Waals surface area contributed by atoms with E-state index in [2.05, 4.69) is 36.6 Å². The molecule has 2 aromatic rings. The maximum Gasteiger partial charge on any atom is 0.134 e. The van der Waals surface area contributed by atoms with Gasteiger partial charge in [-0.15, -0.1) is 0 Å². The molecule has 3 rings (SSSR count). The topological polar surface area (TPSA) is 66.0 Å². The zero-order valence-electron chi connectivity index (χ0n) is 13.1. The van der Waals surface area contributed by atoms with Gasteiger partial charge in [-0.2, -0.15) is 0 Å². The van der Waals surface area contributed by atoms with Crippen molar-refractivity contribution in [1.82, 2.24) is 15.0 Å². The van der Waals surface area contributed by atoms with Crippen LogP contribution < -0.4 is 15.5 Å². The van der Waals surface area contributed by atoms with Crippen molar-refractivity contribution < 1.29 is 0 Å². The Morgan fingerprint density at radius 2 is 2.18 bits per heavy atom. The highest BCUT2D eigenvalue weighted by Gasteiger charge is 2.25. The lowest BCUT2D eigenvalue weighted by atomic mass is 10.2. The molecule has 1 unspecified atom stereocenters. The van der Waals surface area contributed by atoms with Crippen LogP contribution in [0.4, 0.5) is 17.3 Å². The predicted molar refractivity (Wildman–Crippen MR) is 89.4 cm³/mol. The first kappa shape index (κ1) is 14.6. The third-order valence-corrected chi connectivity index (χ3v) is 4.02. The van der Waals surface area contributed by atoms with Crippen LogP contribution in [0, 0.1) is 6.92 Å². The lowest BCUT2D eigenvalue weighted by Crippen LogP contribution is -2.35. The largest absolute Gasteiger partial charge is 0.383 e. The van der Waals surface area contributed by atoms with Gasteiger partial charge in [-0.05, 0) is 31.9 Å². The Morgan fingerprint density at radius 1 is 1.27 bits per heavy atom. The van der Waals surface area contributed by atoms with E-state index in [0.717, 1.165) is 36.1 Å². The first-order valence-corrected chi connectivity index (χ1v) is 7.69. The van der Waals surface area contributed by atoms with Crippen LogP contribution in [0.25, 0.3) is 0 Å². The molecule has 0 bridgehead atoms. The first-order chi connectivity index (χ1) is 10.8. The summed E-state index contributed by atoms with van der Waals surface area (Å²) in [6.45, 7) is 3.96. The SMILES string of the molecule is CNc1cc(N2CCCC2CNc2ccnc(C)c2)ncn1. The molecule has 2 aromatic heterocycles. The second-order valence-corrected chi connectivity index (χ2v) is 5.57. The average Bonchev–Trinajstić information content (AvgIpc) is 3.01. The summed E-state index contributed by atoms with van der Waals surface area (Å²) < 4.78 is 0. The number of aromatic nitrogens is 3. The highest BCUT2D eigenvalue weighted by atomic mass is 15.2. The Hall–Kier alpha value is -2.37. The quantitative estimate of drug-likeness (QED) is 0.883. The molecule has 1 saturated heterocycles. The molecular weight excluding hydrogens is 276 g/mol. The summed E-state index contributed by atoms with van der Waals surface area (Å²) in [6.07, 6.45) is 5.83. The van der Waals surface area contributed by atoms with Crippen LogP contribution in [0.1, 0.15) is 18.5 Å². The summed E-state index contributed by atoms with van der Waals surface area (Å²) >= 11 is 0. The van der Waals surface area contributed by atoms with Gasteiger partial charge in [0, 0.05) is 49.8 Å². The molecular formula is C16H22N6. The molecule has 3 heterocycles. The second-order valence-electron chi connectivity index (χ2n) is 5.57. The van der Waals surface area contributed by atoms with Gasteiger partial charge in [-0.3, -0.25) is 4.98 Å². The first-order valence-electron chi connectivity index (χ1n) is 7.69. The molecule has 0 amide bonds. The molecule has 0 aliphatic carbocycles. The number of pyridine rings is 1. The number of anilines is 3. The van der Waals surface area contributed by atoms with Gasteiger partial charge in [-0.25, -0.2) is 9.97 Å². The second kappa shape index (κ2) is 6.60. The summed E-state index contributed by atoms with van der Waals surface area (Å²) in [5, 5.41) is 6.58. The van der Waals surface area contributed by atoms with Crippen molar-refractivity contribution in [2.75, 3.05) is 35.7 Å². The third-order valence-electron chi connectivity index (χ3n) is 4.02. The van der Waals surface area contributed by atoms with E-state index in [9.17, 15) is 0 Å². The van der Waals surface area contributed by atoms with E-state index >= 15 is 0 Å². The maximum absolute atomic E-state index is 4.43. The van der Waals surface area contributed by atoms with Crippen molar-refractivity contribution in [2.45, 2.75) is 25.8 Å². The van der Waals surface area contributed by atoms with E-state index in [-0.39, 0.29) is 0 Å². The summed E-state index contributed by atoms with van der Waals surface area (Å²) in [7, 11) is 1.88. The van der Waals surface area contributed by atoms with Crippen molar-refractivity contribution >= 4 is 17.3 Å². The van der Waals surface area contributed by atoms with Crippen molar-refractivity contribution in [3.63, 3.8) is 0 Å². The smallest absolute Gasteiger partial charge is 0.134 e. The van der Waals surface area contributed by atoms with Crippen LogP contribution in [-0.4, -0.2) is 41.1 Å². The van der Waals surface area contributed by atoms with E-state index in [0.29, 0.717) is 6.04 Å². The van der Waals surface area contributed by atoms with Crippen LogP contribution >= 0.6 is 0 Å². The van der Waals surface area contributed by atoms with Crippen molar-refractivity contribution in [3.05, 3.63) is 36.4 Å². The van der Waals surface area contributed by atoms with Crippen LogP contribution in [0.15, 0.2) is 30.7 Å². The molecule has 0 spiro atoms. The lowest BCUT2D eigenvalue weighted by molar-refractivity contribution is 0.690. The van der Waals surface area contributed by atoms with Gasteiger partial charge in [0.15, 0.2) is 0 Å². The summed E-state index contributed by atoms with van der Waals surface area (Å²) in [5.74, 6) is 1.85. The Labute approximate surface area is 131 Å². The minimum Gasteiger partial charge on any atom is -0.383 e. The highest BCUT2D eigenvalue weighted by Crippen LogP contribution is 2.25. The normalized spacial score (nSPS) is 17.5. The van der Waals surface area contributed by atoms with Gasteiger partial charge in [-0.1, -0.05) is 0 Å². The maximum atomic E-state index is 4.43. The molecule has 22 heavy (non-hydrogen) atoms. The molecule has 116 valence electrons. The zero-order chi connectivity index (χ0) is 15.4. The fourth-order valence-electron chi connectivity index (χ4n) is 2.88.